The van der Waals surface area contributed by atoms with Crippen LogP contribution in [0.15, 0.2) is 24.3 Å². The van der Waals surface area contributed by atoms with Crippen molar-refractivity contribution in [2.75, 3.05) is 11.9 Å². The largest absolute Gasteiger partial charge is 0.330 e. The number of hydrogen-bond acceptors (Lipinski definition) is 5. The number of rotatable bonds is 16. The molecule has 218 valence electrons. The lowest BCUT2D eigenvalue weighted by Gasteiger charge is -2.12. The van der Waals surface area contributed by atoms with Crippen LogP contribution in [-0.4, -0.2) is 29.3 Å². The van der Waals surface area contributed by atoms with Gasteiger partial charge in [-0.2, -0.15) is 13.8 Å². The number of Topliss-reactive ketones (excluding diaryl/α,β-unsaturated/α-hetero) is 1. The first-order valence-electron chi connectivity index (χ1n) is 13.7. The summed E-state index contributed by atoms with van der Waals surface area (Å²) in [6.07, 6.45) is 9.47. The van der Waals surface area contributed by atoms with Crippen LogP contribution in [0.3, 0.4) is 0 Å². The van der Waals surface area contributed by atoms with Crippen molar-refractivity contribution in [3.63, 3.8) is 0 Å². The van der Waals surface area contributed by atoms with E-state index in [2.05, 4.69) is 22.1 Å². The number of nitrogens with one attached hydrogen (secondary N) is 1. The van der Waals surface area contributed by atoms with Crippen molar-refractivity contribution in [2.45, 2.75) is 83.6 Å². The van der Waals surface area contributed by atoms with Crippen LogP contribution in [0, 0.1) is 41.3 Å². The zero-order valence-corrected chi connectivity index (χ0v) is 22.9. The number of anilines is 1. The molecular formula is C30H38F4N4O2. The zero-order chi connectivity index (χ0) is 29.5. The maximum absolute atomic E-state index is 13.7. The van der Waals surface area contributed by atoms with Crippen molar-refractivity contribution in [1.29, 1.82) is 0 Å². The summed E-state index contributed by atoms with van der Waals surface area (Å²) in [5, 5.41) is 2.81. The molecule has 1 aromatic heterocycles. The quantitative estimate of drug-likeness (QED) is 0.104. The molecule has 2 atom stereocenters. The van der Waals surface area contributed by atoms with Crippen LogP contribution >= 0.6 is 0 Å². The Morgan fingerprint density at radius 1 is 0.850 bits per heavy atom. The third-order valence-electron chi connectivity index (χ3n) is 6.62. The standard InChI is InChI=1S/C30H38F4N4O2/c1-20(10-6-3-2-4-8-12-25(39)24(36)11-7-5-9-19-35)30(40)37-22-16-13-21(14-17-22)15-18-23-26(31)28(33)38-29(34)27(23)32/h13-14,16-17,20,24H,2-12,19,35-36H2,1H3,(H,37,40). The Hall–Kier alpha value is -3.29. The Bertz CT molecular complexity index is 1150. The fourth-order valence-electron chi connectivity index (χ4n) is 4.08. The number of carbonyl (C=O) groups is 2. The highest BCUT2D eigenvalue weighted by Gasteiger charge is 2.19. The minimum atomic E-state index is -1.77. The second kappa shape index (κ2) is 17.4. The topological polar surface area (TPSA) is 111 Å². The van der Waals surface area contributed by atoms with Crippen LogP contribution in [0.4, 0.5) is 23.2 Å². The minimum Gasteiger partial charge on any atom is -0.330 e. The molecule has 1 aromatic carbocycles. The number of unbranched alkanes of at least 4 members (excludes halogenated alkanes) is 6. The summed E-state index contributed by atoms with van der Waals surface area (Å²) in [5.41, 5.74) is 11.2. The first-order chi connectivity index (χ1) is 19.1. The molecule has 2 rings (SSSR count). The first-order valence-corrected chi connectivity index (χ1v) is 13.7. The number of benzene rings is 1. The number of ketones is 1. The van der Waals surface area contributed by atoms with E-state index >= 15 is 0 Å². The normalized spacial score (nSPS) is 12.4. The number of nitrogens with zero attached hydrogens (tertiary/aromatic N) is 1. The maximum atomic E-state index is 13.7. The monoisotopic (exact) mass is 562 g/mol. The van der Waals surface area contributed by atoms with Gasteiger partial charge >= 0.3 is 0 Å². The van der Waals surface area contributed by atoms with E-state index in [1.807, 2.05) is 6.92 Å². The van der Waals surface area contributed by atoms with Crippen LogP contribution < -0.4 is 16.8 Å². The molecule has 0 saturated heterocycles. The molecule has 1 amide bonds. The molecule has 10 heteroatoms. The molecule has 1 heterocycles. The molecule has 5 N–H and O–H groups in total. The van der Waals surface area contributed by atoms with E-state index in [1.54, 1.807) is 12.1 Å². The van der Waals surface area contributed by atoms with Gasteiger partial charge in [0.25, 0.3) is 11.9 Å². The van der Waals surface area contributed by atoms with Gasteiger partial charge in [0.05, 0.1) is 6.04 Å². The lowest BCUT2D eigenvalue weighted by molar-refractivity contribution is -0.121. The zero-order valence-electron chi connectivity index (χ0n) is 22.9. The van der Waals surface area contributed by atoms with Crippen LogP contribution in [-0.2, 0) is 9.59 Å². The van der Waals surface area contributed by atoms with E-state index < -0.39 is 29.1 Å². The third-order valence-corrected chi connectivity index (χ3v) is 6.62. The average Bonchev–Trinajstić information content (AvgIpc) is 2.94. The molecule has 2 unspecified atom stereocenters. The molecule has 0 aliphatic heterocycles. The lowest BCUT2D eigenvalue weighted by Crippen LogP contribution is -2.30. The maximum Gasteiger partial charge on any atom is 0.253 e. The van der Waals surface area contributed by atoms with Gasteiger partial charge in [0, 0.05) is 23.6 Å². The van der Waals surface area contributed by atoms with Crippen molar-refractivity contribution < 1.29 is 27.2 Å². The predicted molar refractivity (Wildman–Crippen MR) is 147 cm³/mol. The molecule has 0 spiro atoms. The van der Waals surface area contributed by atoms with Gasteiger partial charge in [0.2, 0.25) is 5.91 Å². The number of amides is 1. The van der Waals surface area contributed by atoms with Gasteiger partial charge in [-0.15, -0.1) is 0 Å². The van der Waals surface area contributed by atoms with Gasteiger partial charge in [-0.3, -0.25) is 9.59 Å². The number of nitrogens with two attached hydrogens (primary N) is 2. The summed E-state index contributed by atoms with van der Waals surface area (Å²) in [6.45, 7) is 2.51. The van der Waals surface area contributed by atoms with E-state index in [1.165, 1.54) is 12.1 Å². The second-order valence-corrected chi connectivity index (χ2v) is 9.93. The molecular weight excluding hydrogens is 524 g/mol. The van der Waals surface area contributed by atoms with Crippen molar-refractivity contribution in [1.82, 2.24) is 4.98 Å². The van der Waals surface area contributed by atoms with Crippen LogP contribution in [0.2, 0.25) is 0 Å². The average molecular weight is 563 g/mol. The van der Waals surface area contributed by atoms with Gasteiger partial charge in [0.15, 0.2) is 11.6 Å². The second-order valence-electron chi connectivity index (χ2n) is 9.93. The molecule has 2 aromatic rings. The minimum absolute atomic E-state index is 0.125. The van der Waals surface area contributed by atoms with Gasteiger partial charge in [-0.25, -0.2) is 8.78 Å². The summed E-state index contributed by atoms with van der Waals surface area (Å²) in [7, 11) is 0. The molecule has 0 aliphatic rings. The summed E-state index contributed by atoms with van der Waals surface area (Å²) in [5.74, 6) is -2.56. The number of hydrogen-bond donors (Lipinski definition) is 3. The van der Waals surface area contributed by atoms with Gasteiger partial charge in [0.1, 0.15) is 11.3 Å². The molecule has 0 saturated carbocycles. The van der Waals surface area contributed by atoms with E-state index in [0.717, 1.165) is 64.2 Å². The smallest absolute Gasteiger partial charge is 0.253 e. The van der Waals surface area contributed by atoms with Crippen molar-refractivity contribution in [2.24, 2.45) is 17.4 Å². The molecule has 0 aliphatic carbocycles. The fourth-order valence-corrected chi connectivity index (χ4v) is 4.08. The van der Waals surface area contributed by atoms with Crippen LogP contribution in [0.1, 0.15) is 88.7 Å². The molecule has 0 radical (unpaired) electrons. The SMILES string of the molecule is CC(CCCCCCCC(=O)C(N)CCCCCN)C(=O)Nc1ccc(C#Cc2c(F)c(F)nc(F)c2F)cc1. The third kappa shape index (κ3) is 11.1. The summed E-state index contributed by atoms with van der Waals surface area (Å²) < 4.78 is 53.8. The van der Waals surface area contributed by atoms with E-state index in [-0.39, 0.29) is 23.7 Å². The van der Waals surface area contributed by atoms with E-state index in [9.17, 15) is 27.2 Å². The van der Waals surface area contributed by atoms with Crippen molar-refractivity contribution in [3.05, 3.63) is 58.9 Å². The Morgan fingerprint density at radius 2 is 1.43 bits per heavy atom. The number of aromatic nitrogens is 1. The molecule has 6 nitrogen and oxygen atoms in total. The van der Waals surface area contributed by atoms with E-state index in [0.29, 0.717) is 24.2 Å². The molecule has 0 bridgehead atoms. The Labute approximate surface area is 233 Å². The molecule has 40 heavy (non-hydrogen) atoms. The predicted octanol–water partition coefficient (Wildman–Crippen LogP) is 5.76. The highest BCUT2D eigenvalue weighted by Crippen LogP contribution is 2.18. The number of halogens is 4. The lowest BCUT2D eigenvalue weighted by atomic mass is 9.99. The van der Waals surface area contributed by atoms with Crippen LogP contribution in [0.25, 0.3) is 0 Å². The Morgan fingerprint density at radius 3 is 2.08 bits per heavy atom. The highest BCUT2D eigenvalue weighted by molar-refractivity contribution is 5.92. The molecule has 0 fully saturated rings. The number of pyridine rings is 1. The summed E-state index contributed by atoms with van der Waals surface area (Å²) in [6, 6.07) is 5.79. The number of carbonyl (C=O) groups excluding carboxylic acids is 2. The fraction of sp³-hybridized carbons (Fsp3) is 0.500. The summed E-state index contributed by atoms with van der Waals surface area (Å²) in [4.78, 5) is 27.1. The Balaban J connectivity index is 1.67. The van der Waals surface area contributed by atoms with Gasteiger partial charge in [-0.05, 0) is 56.5 Å². The van der Waals surface area contributed by atoms with Gasteiger partial charge in [-0.1, -0.05) is 57.3 Å². The van der Waals surface area contributed by atoms with E-state index in [4.69, 9.17) is 11.5 Å². The van der Waals surface area contributed by atoms with Gasteiger partial charge < -0.3 is 16.8 Å². The highest BCUT2D eigenvalue weighted by atomic mass is 19.2. The summed E-state index contributed by atoms with van der Waals surface area (Å²) >= 11 is 0. The Kier molecular flexibility index (Phi) is 14.3. The van der Waals surface area contributed by atoms with Crippen LogP contribution in [0.5, 0.6) is 0 Å². The van der Waals surface area contributed by atoms with Crippen molar-refractivity contribution >= 4 is 17.4 Å². The first kappa shape index (κ1) is 32.9. The van der Waals surface area contributed by atoms with Crippen molar-refractivity contribution in [3.8, 4) is 11.8 Å².